The van der Waals surface area contributed by atoms with E-state index in [0.29, 0.717) is 5.69 Å². The summed E-state index contributed by atoms with van der Waals surface area (Å²) in [6.45, 7) is 7.94. The van der Waals surface area contributed by atoms with Crippen molar-refractivity contribution in [3.8, 4) is 11.4 Å². The van der Waals surface area contributed by atoms with Crippen LogP contribution in [0.15, 0.2) is 24.3 Å². The highest BCUT2D eigenvalue weighted by molar-refractivity contribution is 5.78. The molecule has 3 aromatic rings. The van der Waals surface area contributed by atoms with Crippen LogP contribution in [0.2, 0.25) is 0 Å². The molecule has 0 aliphatic rings. The van der Waals surface area contributed by atoms with Crippen molar-refractivity contribution >= 4 is 11.0 Å². The molecule has 102 valence electrons. The van der Waals surface area contributed by atoms with Gasteiger partial charge in [-0.1, -0.05) is 12.1 Å². The lowest BCUT2D eigenvalue weighted by Gasteiger charge is -2.07. The second-order valence-corrected chi connectivity index (χ2v) is 5.39. The van der Waals surface area contributed by atoms with Crippen molar-refractivity contribution in [3.63, 3.8) is 0 Å². The molecule has 0 aliphatic carbocycles. The summed E-state index contributed by atoms with van der Waals surface area (Å²) in [5, 5.41) is 19.2. The fourth-order valence-corrected chi connectivity index (χ4v) is 2.56. The van der Waals surface area contributed by atoms with Crippen molar-refractivity contribution in [2.45, 2.75) is 27.7 Å². The number of aromatic nitrogens is 3. The summed E-state index contributed by atoms with van der Waals surface area (Å²) < 4.78 is 0. The van der Waals surface area contributed by atoms with Gasteiger partial charge < -0.3 is 5.11 Å². The minimum absolute atomic E-state index is 0.227. The van der Waals surface area contributed by atoms with Crippen molar-refractivity contribution in [1.82, 2.24) is 15.0 Å². The zero-order chi connectivity index (χ0) is 14.4. The van der Waals surface area contributed by atoms with Crippen LogP contribution in [-0.4, -0.2) is 20.1 Å². The van der Waals surface area contributed by atoms with Crippen LogP contribution in [0.4, 0.5) is 0 Å². The maximum Gasteiger partial charge on any atom is 0.146 e. The molecule has 0 amide bonds. The SMILES string of the molecule is Cc1cc(C)c(O)c(-n2nc3cc(C)cc(C)c3n2)c1. The zero-order valence-corrected chi connectivity index (χ0v) is 12.1. The molecule has 3 rings (SSSR count). The van der Waals surface area contributed by atoms with Crippen LogP contribution in [0.1, 0.15) is 22.3 Å². The van der Waals surface area contributed by atoms with Crippen molar-refractivity contribution in [2.75, 3.05) is 0 Å². The summed E-state index contributed by atoms with van der Waals surface area (Å²) in [5.74, 6) is 0.227. The number of benzene rings is 2. The van der Waals surface area contributed by atoms with E-state index in [0.717, 1.165) is 33.3 Å². The number of phenols is 1. The molecule has 0 saturated carbocycles. The highest BCUT2D eigenvalue weighted by Crippen LogP contribution is 2.27. The van der Waals surface area contributed by atoms with Crippen molar-refractivity contribution in [1.29, 1.82) is 0 Å². The lowest BCUT2D eigenvalue weighted by atomic mass is 10.1. The molecule has 0 fully saturated rings. The normalized spacial score (nSPS) is 11.2. The van der Waals surface area contributed by atoms with Crippen molar-refractivity contribution in [2.24, 2.45) is 0 Å². The summed E-state index contributed by atoms with van der Waals surface area (Å²) in [6, 6.07) is 7.93. The van der Waals surface area contributed by atoms with Gasteiger partial charge in [-0.25, -0.2) is 0 Å². The third-order valence-electron chi connectivity index (χ3n) is 3.46. The molecule has 0 bridgehead atoms. The Morgan fingerprint density at radius 2 is 1.50 bits per heavy atom. The van der Waals surface area contributed by atoms with Gasteiger partial charge >= 0.3 is 0 Å². The molecule has 0 spiro atoms. The van der Waals surface area contributed by atoms with Gasteiger partial charge in [-0.05, 0) is 62.1 Å². The van der Waals surface area contributed by atoms with Crippen LogP contribution < -0.4 is 0 Å². The summed E-state index contributed by atoms with van der Waals surface area (Å²) in [7, 11) is 0. The molecule has 0 saturated heterocycles. The number of phenolic OH excluding ortho intramolecular Hbond substituents is 1. The van der Waals surface area contributed by atoms with Crippen LogP contribution >= 0.6 is 0 Å². The number of hydrogen-bond donors (Lipinski definition) is 1. The molecule has 0 radical (unpaired) electrons. The second kappa shape index (κ2) is 4.34. The molecule has 4 nitrogen and oxygen atoms in total. The smallest absolute Gasteiger partial charge is 0.146 e. The molecule has 0 atom stereocenters. The minimum Gasteiger partial charge on any atom is -0.505 e. The van der Waals surface area contributed by atoms with Crippen LogP contribution in [0, 0.1) is 27.7 Å². The molecule has 1 aromatic heterocycles. The Morgan fingerprint density at radius 1 is 0.850 bits per heavy atom. The van der Waals surface area contributed by atoms with E-state index in [1.807, 2.05) is 45.9 Å². The number of aryl methyl sites for hydroxylation is 4. The molecule has 4 heteroatoms. The predicted octanol–water partition coefficient (Wildman–Crippen LogP) is 3.36. The van der Waals surface area contributed by atoms with Crippen molar-refractivity contribution < 1.29 is 5.11 Å². The largest absolute Gasteiger partial charge is 0.505 e. The molecule has 1 N–H and O–H groups in total. The van der Waals surface area contributed by atoms with E-state index in [2.05, 4.69) is 16.3 Å². The molecule has 0 aliphatic heterocycles. The zero-order valence-electron chi connectivity index (χ0n) is 12.1. The average molecular weight is 267 g/mol. The van der Waals surface area contributed by atoms with Gasteiger partial charge in [-0.3, -0.25) is 0 Å². The molecule has 0 unspecified atom stereocenters. The Hall–Kier alpha value is -2.36. The molecule has 20 heavy (non-hydrogen) atoms. The maximum absolute atomic E-state index is 10.2. The Bertz CT molecular complexity index is 818. The van der Waals surface area contributed by atoms with E-state index in [-0.39, 0.29) is 5.75 Å². The summed E-state index contributed by atoms with van der Waals surface area (Å²) in [4.78, 5) is 1.52. The number of aromatic hydroxyl groups is 1. The van der Waals surface area contributed by atoms with Gasteiger partial charge in [-0.15, -0.1) is 15.0 Å². The molecule has 2 aromatic carbocycles. The Kier molecular flexibility index (Phi) is 2.74. The van der Waals surface area contributed by atoms with Crippen molar-refractivity contribution in [3.05, 3.63) is 46.5 Å². The third kappa shape index (κ3) is 1.93. The highest BCUT2D eigenvalue weighted by atomic mass is 16.3. The summed E-state index contributed by atoms with van der Waals surface area (Å²) in [6.07, 6.45) is 0. The topological polar surface area (TPSA) is 50.9 Å². The van der Waals surface area contributed by atoms with E-state index >= 15 is 0 Å². The fourth-order valence-electron chi connectivity index (χ4n) is 2.56. The lowest BCUT2D eigenvalue weighted by molar-refractivity contribution is 0.463. The van der Waals surface area contributed by atoms with E-state index in [1.165, 1.54) is 4.80 Å². The molecular formula is C16H17N3O. The predicted molar refractivity (Wildman–Crippen MR) is 79.5 cm³/mol. The Balaban J connectivity index is 2.28. The number of rotatable bonds is 1. The first-order chi connectivity index (χ1) is 9.45. The monoisotopic (exact) mass is 267 g/mol. The standard InChI is InChI=1S/C16H17N3O/c1-9-5-11(3)15-13(7-9)17-19(18-15)14-8-10(2)6-12(4)16(14)20/h5-8,20H,1-4H3. The Morgan fingerprint density at radius 3 is 2.25 bits per heavy atom. The summed E-state index contributed by atoms with van der Waals surface area (Å²) in [5.41, 5.74) is 6.49. The summed E-state index contributed by atoms with van der Waals surface area (Å²) >= 11 is 0. The van der Waals surface area contributed by atoms with E-state index in [9.17, 15) is 5.11 Å². The van der Waals surface area contributed by atoms with Crippen LogP contribution in [0.25, 0.3) is 16.7 Å². The van der Waals surface area contributed by atoms with E-state index in [1.54, 1.807) is 0 Å². The van der Waals surface area contributed by atoms with E-state index in [4.69, 9.17) is 0 Å². The van der Waals surface area contributed by atoms with Gasteiger partial charge in [0.15, 0.2) is 0 Å². The van der Waals surface area contributed by atoms with Gasteiger partial charge in [0.1, 0.15) is 22.5 Å². The number of fused-ring (bicyclic) bond motifs is 1. The van der Waals surface area contributed by atoms with Gasteiger partial charge in [0, 0.05) is 0 Å². The first kappa shape index (κ1) is 12.7. The van der Waals surface area contributed by atoms with Gasteiger partial charge in [0.05, 0.1) is 0 Å². The minimum atomic E-state index is 0.227. The number of hydrogen-bond acceptors (Lipinski definition) is 3. The average Bonchev–Trinajstić information content (AvgIpc) is 2.77. The first-order valence-corrected chi connectivity index (χ1v) is 6.60. The number of nitrogens with zero attached hydrogens (tertiary/aromatic N) is 3. The van der Waals surface area contributed by atoms with Crippen LogP contribution in [0.5, 0.6) is 5.75 Å². The maximum atomic E-state index is 10.2. The second-order valence-electron chi connectivity index (χ2n) is 5.39. The van der Waals surface area contributed by atoms with Crippen LogP contribution in [0.3, 0.4) is 0 Å². The quantitative estimate of drug-likeness (QED) is 0.735. The fraction of sp³-hybridized carbons (Fsp3) is 0.250. The third-order valence-corrected chi connectivity index (χ3v) is 3.46. The van der Waals surface area contributed by atoms with Crippen LogP contribution in [-0.2, 0) is 0 Å². The lowest BCUT2D eigenvalue weighted by Crippen LogP contribution is -2.00. The molecular weight excluding hydrogens is 250 g/mol. The van der Waals surface area contributed by atoms with Gasteiger partial charge in [-0.2, -0.15) is 0 Å². The van der Waals surface area contributed by atoms with Gasteiger partial charge in [0.2, 0.25) is 0 Å². The first-order valence-electron chi connectivity index (χ1n) is 6.60. The highest BCUT2D eigenvalue weighted by Gasteiger charge is 2.12. The Labute approximate surface area is 117 Å². The van der Waals surface area contributed by atoms with Gasteiger partial charge in [0.25, 0.3) is 0 Å². The molecule has 1 heterocycles. The van der Waals surface area contributed by atoms with E-state index < -0.39 is 0 Å².